The van der Waals surface area contributed by atoms with E-state index < -0.39 is 29.8 Å². The molecular formula is C83H74N10O10. The van der Waals surface area contributed by atoms with Crippen molar-refractivity contribution in [2.75, 3.05) is 0 Å². The van der Waals surface area contributed by atoms with Crippen LogP contribution in [0.4, 0.5) is 0 Å². The molecule has 9 aromatic carbocycles. The molecule has 14 aromatic rings. The number of hydroxylamine groups is 1. The van der Waals surface area contributed by atoms with Crippen molar-refractivity contribution >= 4 is 115 Å². The van der Waals surface area contributed by atoms with Gasteiger partial charge >= 0.3 is 23.9 Å². The predicted molar refractivity (Wildman–Crippen MR) is 404 cm³/mol. The second-order valence-electron chi connectivity index (χ2n) is 23.1. The number of hydrogen-bond donors (Lipinski definition) is 7. The molecule has 20 heteroatoms. The SMILES string of the molecule is NOC(=O)/C=C/c1ccc2ccn(Cc3ccccc3)c2c1.NOC(=O)/C=C/c1cccc2[nH]ccc12.NOC(=O)/C=C/c1cccc2c1ccn2Cc1ccccc1.NOC(=O)/C=C/c1cccc2ccn(Cc3ccccc3)c12.O=C(/C=C/c1cn(Cc2ccccc2)c2ccccc12)NO. The predicted octanol–water partition coefficient (Wildman–Crippen LogP) is 14.2. The number of aromatic nitrogens is 5. The highest BCUT2D eigenvalue weighted by Crippen LogP contribution is 2.27. The minimum atomic E-state index is -0.571. The molecule has 14 rings (SSSR count). The van der Waals surface area contributed by atoms with Gasteiger partial charge < -0.3 is 42.6 Å². The van der Waals surface area contributed by atoms with Crippen LogP contribution in [0.1, 0.15) is 50.1 Å². The van der Waals surface area contributed by atoms with Crippen molar-refractivity contribution in [3.8, 4) is 0 Å². The molecule has 20 nitrogen and oxygen atoms in total. The third-order valence-corrected chi connectivity index (χ3v) is 16.3. The number of nitrogens with zero attached hydrogens (tertiary/aromatic N) is 4. The molecule has 0 unspecified atom stereocenters. The Bertz CT molecular complexity index is 5230. The van der Waals surface area contributed by atoms with Crippen LogP contribution in [-0.2, 0) is 69.5 Å². The molecule has 103 heavy (non-hydrogen) atoms. The third-order valence-electron chi connectivity index (χ3n) is 16.3. The monoisotopic (exact) mass is 1370 g/mol. The zero-order valence-electron chi connectivity index (χ0n) is 55.8. The van der Waals surface area contributed by atoms with E-state index >= 15 is 0 Å². The Morgan fingerprint density at radius 2 is 0.796 bits per heavy atom. The zero-order chi connectivity index (χ0) is 72.1. The number of para-hydroxylation sites is 2. The maximum Gasteiger partial charge on any atom is 0.349 e. The summed E-state index contributed by atoms with van der Waals surface area (Å²) < 4.78 is 8.69. The van der Waals surface area contributed by atoms with Crippen LogP contribution in [-0.4, -0.2) is 58.2 Å². The summed E-state index contributed by atoms with van der Waals surface area (Å²) in [7, 11) is 0. The third kappa shape index (κ3) is 20.3. The van der Waals surface area contributed by atoms with Gasteiger partial charge in [0.25, 0.3) is 5.91 Å². The molecule has 0 aliphatic heterocycles. The first kappa shape index (κ1) is 72.3. The van der Waals surface area contributed by atoms with E-state index in [1.807, 2.05) is 176 Å². The number of H-pyrrole nitrogens is 1. The van der Waals surface area contributed by atoms with Gasteiger partial charge in [-0.3, -0.25) is 10.0 Å². The first-order valence-electron chi connectivity index (χ1n) is 32.4. The maximum absolute atomic E-state index is 11.2. The second-order valence-corrected chi connectivity index (χ2v) is 23.1. The average molecular weight is 1370 g/mol. The fourth-order valence-corrected chi connectivity index (χ4v) is 11.4. The molecule has 0 atom stereocenters. The molecular weight excluding hydrogens is 1300 g/mol. The van der Waals surface area contributed by atoms with Crippen LogP contribution in [0.2, 0.25) is 0 Å². The van der Waals surface area contributed by atoms with Crippen molar-refractivity contribution in [2.45, 2.75) is 26.2 Å². The lowest BCUT2D eigenvalue weighted by molar-refractivity contribution is -0.139. The first-order chi connectivity index (χ1) is 50.4. The number of carbonyl (C=O) groups excluding carboxylic acids is 5. The van der Waals surface area contributed by atoms with Crippen molar-refractivity contribution in [3.05, 3.63) is 354 Å². The molecule has 0 aliphatic carbocycles. The summed E-state index contributed by atoms with van der Waals surface area (Å²) in [6.07, 6.45) is 25.1. The van der Waals surface area contributed by atoms with E-state index in [0.29, 0.717) is 0 Å². The van der Waals surface area contributed by atoms with E-state index in [-0.39, 0.29) is 0 Å². The van der Waals surface area contributed by atoms with Crippen LogP contribution < -0.4 is 29.1 Å². The quantitative estimate of drug-likeness (QED) is 0.0239. The standard InChI is InChI=1S/4C18H16N2O2.C11H10N2O2/c21-18(19-22)11-10-15-13-20(12-14-6-2-1-3-7-14)17-9-5-4-8-16(15)17;19-22-18(21)10-9-15-7-4-8-17-16(15)11-12-20(17)13-14-5-2-1-3-6-14;19-22-17(21)10-9-15-7-4-8-16-11-12-20(18(15)16)13-14-5-2-1-3-6-14;19-22-18(21)9-7-14-6-8-16-10-11-20(17(16)12-14)13-15-4-2-1-3-5-15;12-15-11(14)5-4-8-2-1-3-10-9(8)6-7-13-10/h1-11,13,22H,12H2,(H,19,21);3*1-12H,13,19H2;1-7,13H,12H2/b11-10+;2*10-9+;9-7+;5-4+. The van der Waals surface area contributed by atoms with Gasteiger partial charge in [-0.25, -0.2) is 24.7 Å². The van der Waals surface area contributed by atoms with Gasteiger partial charge in [-0.2, -0.15) is 23.6 Å². The Labute approximate surface area is 592 Å². The largest absolute Gasteiger partial charge is 0.370 e. The number of hydrogen-bond acceptors (Lipinski definition) is 14. The Balaban J connectivity index is 0.000000139. The van der Waals surface area contributed by atoms with Crippen LogP contribution >= 0.6 is 0 Å². The van der Waals surface area contributed by atoms with Gasteiger partial charge in [0.15, 0.2) is 0 Å². The molecule has 516 valence electrons. The summed E-state index contributed by atoms with van der Waals surface area (Å²) in [5.41, 5.74) is 16.7. The van der Waals surface area contributed by atoms with Gasteiger partial charge in [0.1, 0.15) is 0 Å². The van der Waals surface area contributed by atoms with E-state index in [4.69, 9.17) is 28.8 Å². The highest BCUT2D eigenvalue weighted by molar-refractivity contribution is 5.98. The topological polar surface area (TPSA) is 294 Å². The van der Waals surface area contributed by atoms with Gasteiger partial charge in [-0.05, 0) is 129 Å². The average Bonchev–Trinajstić information content (AvgIpc) is 1.64. The van der Waals surface area contributed by atoms with Crippen molar-refractivity contribution in [1.82, 2.24) is 28.7 Å². The summed E-state index contributed by atoms with van der Waals surface area (Å²) in [6, 6.07) is 81.0. The van der Waals surface area contributed by atoms with Crippen molar-refractivity contribution in [1.29, 1.82) is 0 Å². The lowest BCUT2D eigenvalue weighted by Gasteiger charge is -2.08. The van der Waals surface area contributed by atoms with E-state index in [1.165, 1.54) is 52.6 Å². The minimum Gasteiger partial charge on any atom is -0.370 e. The van der Waals surface area contributed by atoms with Crippen molar-refractivity contribution < 1.29 is 48.5 Å². The number of carbonyl (C=O) groups is 5. The summed E-state index contributed by atoms with van der Waals surface area (Å²) in [6.45, 7) is 3.16. The van der Waals surface area contributed by atoms with Crippen LogP contribution in [0, 0.1) is 0 Å². The summed E-state index contributed by atoms with van der Waals surface area (Å²) in [5, 5.41) is 14.1. The molecule has 0 fully saturated rings. The van der Waals surface area contributed by atoms with E-state index in [2.05, 4.69) is 140 Å². The van der Waals surface area contributed by atoms with Gasteiger partial charge in [-0.15, -0.1) is 0 Å². The lowest BCUT2D eigenvalue weighted by atomic mass is 10.1. The van der Waals surface area contributed by atoms with E-state index in [0.717, 1.165) is 109 Å². The number of benzene rings is 9. The summed E-state index contributed by atoms with van der Waals surface area (Å²) in [4.78, 5) is 74.9. The highest BCUT2D eigenvalue weighted by atomic mass is 16.7. The molecule has 0 radical (unpaired) electrons. The first-order valence-corrected chi connectivity index (χ1v) is 32.4. The summed E-state index contributed by atoms with van der Waals surface area (Å²) in [5.74, 6) is 16.4. The Kier molecular flexibility index (Phi) is 25.9. The van der Waals surface area contributed by atoms with Crippen LogP contribution in [0.25, 0.3) is 84.9 Å². The number of rotatable bonds is 18. The van der Waals surface area contributed by atoms with Crippen LogP contribution in [0.5, 0.6) is 0 Å². The van der Waals surface area contributed by atoms with Crippen LogP contribution in [0.15, 0.2) is 304 Å². The van der Waals surface area contributed by atoms with Crippen molar-refractivity contribution in [2.24, 2.45) is 23.6 Å². The zero-order valence-corrected chi connectivity index (χ0v) is 55.8. The number of fused-ring (bicyclic) bond motifs is 5. The van der Waals surface area contributed by atoms with Gasteiger partial charge in [-0.1, -0.05) is 194 Å². The molecule has 0 bridgehead atoms. The van der Waals surface area contributed by atoms with E-state index in [9.17, 15) is 24.0 Å². The fourth-order valence-electron chi connectivity index (χ4n) is 11.4. The molecule has 5 aromatic heterocycles. The normalized spacial score (nSPS) is 11.1. The molecule has 0 aliphatic rings. The molecule has 11 N–H and O–H groups in total. The lowest BCUT2D eigenvalue weighted by Crippen LogP contribution is -2.14. The van der Waals surface area contributed by atoms with Gasteiger partial charge in [0, 0.05) is 137 Å². The smallest absolute Gasteiger partial charge is 0.349 e. The molecule has 1 amide bonds. The molecule has 0 spiro atoms. The molecule has 0 saturated heterocycles. The highest BCUT2D eigenvalue weighted by Gasteiger charge is 2.11. The maximum atomic E-state index is 11.2. The Morgan fingerprint density at radius 3 is 1.38 bits per heavy atom. The molecule has 5 heterocycles. The van der Waals surface area contributed by atoms with Crippen molar-refractivity contribution in [3.63, 3.8) is 0 Å². The minimum absolute atomic E-state index is 0.542. The van der Waals surface area contributed by atoms with E-state index in [1.54, 1.807) is 35.9 Å². The number of aromatic amines is 1. The van der Waals surface area contributed by atoms with Crippen LogP contribution in [0.3, 0.4) is 0 Å². The number of amides is 1. The van der Waals surface area contributed by atoms with Gasteiger partial charge in [0.2, 0.25) is 0 Å². The molecule has 0 saturated carbocycles. The Hall–Kier alpha value is -13.5. The van der Waals surface area contributed by atoms with Gasteiger partial charge in [0.05, 0.1) is 5.52 Å². The Morgan fingerprint density at radius 1 is 0.369 bits per heavy atom. The number of nitrogens with two attached hydrogens (primary N) is 4. The fraction of sp³-hybridized carbons (Fsp3) is 0.0482. The summed E-state index contributed by atoms with van der Waals surface area (Å²) >= 11 is 0. The second kappa shape index (κ2) is 36.9. The number of nitrogens with one attached hydrogen (secondary N) is 2.